The van der Waals surface area contributed by atoms with Crippen LogP contribution in [0, 0.1) is 17.1 Å². The molecule has 1 N–H and O–H groups in total. The molecule has 0 unspecified atom stereocenters. The Morgan fingerprint density at radius 1 is 1.18 bits per heavy atom. The van der Waals surface area contributed by atoms with Crippen molar-refractivity contribution in [2.75, 3.05) is 4.72 Å². The van der Waals surface area contributed by atoms with E-state index in [1.54, 1.807) is 30.3 Å². The summed E-state index contributed by atoms with van der Waals surface area (Å²) >= 11 is 5.94. The molecule has 0 spiro atoms. The molecule has 0 amide bonds. The Balaban J connectivity index is 2.36. The molecule has 0 fully saturated rings. The first-order valence-corrected chi connectivity index (χ1v) is 7.93. The third kappa shape index (κ3) is 3.85. The molecule has 0 radical (unpaired) electrons. The zero-order valence-electron chi connectivity index (χ0n) is 11.1. The second kappa shape index (κ2) is 6.60. The molecule has 0 saturated carbocycles. The lowest BCUT2D eigenvalue weighted by Gasteiger charge is -2.07. The summed E-state index contributed by atoms with van der Waals surface area (Å²) < 4.78 is 39.4. The van der Waals surface area contributed by atoms with Gasteiger partial charge in [0.25, 0.3) is 10.0 Å². The topological polar surface area (TPSA) is 70.0 Å². The number of nitrogens with zero attached hydrogens (tertiary/aromatic N) is 1. The van der Waals surface area contributed by atoms with Gasteiger partial charge >= 0.3 is 0 Å². The first kappa shape index (κ1) is 16.0. The monoisotopic (exact) mass is 336 g/mol. The lowest BCUT2D eigenvalue weighted by atomic mass is 10.2. The van der Waals surface area contributed by atoms with Gasteiger partial charge in [-0.2, -0.15) is 5.26 Å². The van der Waals surface area contributed by atoms with Crippen LogP contribution in [0.4, 0.5) is 10.1 Å². The lowest BCUT2D eigenvalue weighted by Crippen LogP contribution is -2.14. The van der Waals surface area contributed by atoms with Crippen molar-refractivity contribution in [1.82, 2.24) is 0 Å². The Kier molecular flexibility index (Phi) is 4.81. The highest BCUT2D eigenvalue weighted by Gasteiger charge is 2.18. The summed E-state index contributed by atoms with van der Waals surface area (Å²) in [5.74, 6) is -0.491. The van der Waals surface area contributed by atoms with E-state index in [9.17, 15) is 12.8 Å². The summed E-state index contributed by atoms with van der Waals surface area (Å²) in [6.07, 6.45) is 1.17. The molecular formula is C15H10ClFN2O2S. The molecule has 2 aromatic rings. The molecule has 2 rings (SSSR count). The van der Waals surface area contributed by atoms with Gasteiger partial charge in [-0.1, -0.05) is 29.8 Å². The molecule has 7 heteroatoms. The number of nitrogens with one attached hydrogen (secondary N) is 1. The molecule has 4 nitrogen and oxygen atoms in total. The molecule has 0 aromatic heterocycles. The average molecular weight is 337 g/mol. The third-order valence-electron chi connectivity index (χ3n) is 2.69. The van der Waals surface area contributed by atoms with Crippen molar-refractivity contribution in [3.05, 3.63) is 69.8 Å². The van der Waals surface area contributed by atoms with Crippen molar-refractivity contribution in [3.8, 4) is 6.07 Å². The maximum atomic E-state index is 12.8. The fraction of sp³-hybridized carbons (Fsp3) is 0. The van der Waals surface area contributed by atoms with E-state index in [0.717, 1.165) is 12.1 Å². The van der Waals surface area contributed by atoms with Gasteiger partial charge in [0.2, 0.25) is 0 Å². The molecule has 0 aliphatic rings. The van der Waals surface area contributed by atoms with E-state index in [4.69, 9.17) is 16.9 Å². The molecule has 2 aromatic carbocycles. The van der Waals surface area contributed by atoms with Gasteiger partial charge in [0.1, 0.15) is 11.9 Å². The van der Waals surface area contributed by atoms with Crippen LogP contribution in [0.5, 0.6) is 0 Å². The third-order valence-corrected chi connectivity index (χ3v) is 4.32. The highest BCUT2D eigenvalue weighted by Crippen LogP contribution is 2.21. The van der Waals surface area contributed by atoms with Gasteiger partial charge in [0, 0.05) is 10.7 Å². The summed E-state index contributed by atoms with van der Waals surface area (Å²) in [6.45, 7) is 0. The zero-order chi connectivity index (χ0) is 16.2. The highest BCUT2D eigenvalue weighted by molar-refractivity contribution is 7.96. The van der Waals surface area contributed by atoms with Crippen LogP contribution in [0.1, 0.15) is 5.56 Å². The van der Waals surface area contributed by atoms with Gasteiger partial charge in [-0.15, -0.1) is 0 Å². The largest absolute Gasteiger partial charge is 0.279 e. The molecule has 22 heavy (non-hydrogen) atoms. The number of sulfonamides is 1. The first-order chi connectivity index (χ1) is 10.4. The van der Waals surface area contributed by atoms with Crippen molar-refractivity contribution >= 4 is 33.4 Å². The van der Waals surface area contributed by atoms with E-state index in [-0.39, 0.29) is 5.69 Å². The summed E-state index contributed by atoms with van der Waals surface area (Å²) in [5, 5.41) is 9.42. The van der Waals surface area contributed by atoms with Crippen LogP contribution in [0.25, 0.3) is 6.08 Å². The predicted molar refractivity (Wildman–Crippen MR) is 84.0 cm³/mol. The quantitative estimate of drug-likeness (QED) is 0.864. The Labute approximate surface area is 132 Å². The maximum absolute atomic E-state index is 12.8. The van der Waals surface area contributed by atoms with Crippen LogP contribution >= 0.6 is 11.6 Å². The Morgan fingerprint density at radius 3 is 2.41 bits per heavy atom. The number of hydrogen-bond donors (Lipinski definition) is 1. The standard InChI is InChI=1S/C15H10ClFN2O2S/c16-15-4-2-1-3-11(15)9-14(10-18)22(20,21)19-13-7-5-12(17)6-8-13/h1-9,19H/b14-9+. The number of halogens is 2. The molecule has 0 heterocycles. The molecule has 0 aliphatic heterocycles. The minimum Gasteiger partial charge on any atom is -0.279 e. The minimum atomic E-state index is -4.08. The minimum absolute atomic E-state index is 0.154. The van der Waals surface area contributed by atoms with Crippen LogP contribution < -0.4 is 4.72 Å². The van der Waals surface area contributed by atoms with Crippen LogP contribution in [-0.2, 0) is 10.0 Å². The number of anilines is 1. The second-order valence-electron chi connectivity index (χ2n) is 4.25. The van der Waals surface area contributed by atoms with Crippen molar-refractivity contribution in [1.29, 1.82) is 5.26 Å². The van der Waals surface area contributed by atoms with E-state index < -0.39 is 20.7 Å². The molecule has 0 aliphatic carbocycles. The van der Waals surface area contributed by atoms with Gasteiger partial charge < -0.3 is 0 Å². The van der Waals surface area contributed by atoms with E-state index in [2.05, 4.69) is 4.72 Å². The van der Waals surface area contributed by atoms with E-state index >= 15 is 0 Å². The Bertz CT molecular complexity index is 856. The van der Waals surface area contributed by atoms with Crippen LogP contribution in [0.15, 0.2) is 53.4 Å². The number of allylic oxidation sites excluding steroid dienone is 1. The van der Waals surface area contributed by atoms with E-state index in [0.29, 0.717) is 10.6 Å². The maximum Gasteiger partial charge on any atom is 0.272 e. The number of benzene rings is 2. The highest BCUT2D eigenvalue weighted by atomic mass is 35.5. The molecule has 0 bridgehead atoms. The Morgan fingerprint density at radius 2 is 1.82 bits per heavy atom. The van der Waals surface area contributed by atoms with Gasteiger partial charge in [-0.3, -0.25) is 4.72 Å². The molecule has 0 atom stereocenters. The Hall–Kier alpha value is -2.36. The number of nitriles is 1. The van der Waals surface area contributed by atoms with Crippen LogP contribution in [0.3, 0.4) is 0 Å². The fourth-order valence-electron chi connectivity index (χ4n) is 1.63. The van der Waals surface area contributed by atoms with E-state index in [1.165, 1.54) is 18.2 Å². The van der Waals surface area contributed by atoms with Gasteiger partial charge in [-0.05, 0) is 42.0 Å². The van der Waals surface area contributed by atoms with Crippen LogP contribution in [0.2, 0.25) is 5.02 Å². The summed E-state index contributed by atoms with van der Waals surface area (Å²) in [7, 11) is -4.08. The van der Waals surface area contributed by atoms with Gasteiger partial charge in [0.05, 0.1) is 0 Å². The van der Waals surface area contributed by atoms with Crippen LogP contribution in [-0.4, -0.2) is 8.42 Å². The smallest absolute Gasteiger partial charge is 0.272 e. The summed E-state index contributed by atoms with van der Waals surface area (Å²) in [6, 6.07) is 12.9. The fourth-order valence-corrected chi connectivity index (χ4v) is 2.78. The molecular weight excluding hydrogens is 327 g/mol. The normalized spacial score (nSPS) is 11.8. The van der Waals surface area contributed by atoms with Gasteiger partial charge in [0.15, 0.2) is 4.91 Å². The SMILES string of the molecule is N#C/C(=C\c1ccccc1Cl)S(=O)(=O)Nc1ccc(F)cc1. The second-order valence-corrected chi connectivity index (χ2v) is 6.31. The average Bonchev–Trinajstić information content (AvgIpc) is 2.48. The van der Waals surface area contributed by atoms with Crippen molar-refractivity contribution in [2.24, 2.45) is 0 Å². The van der Waals surface area contributed by atoms with Crippen molar-refractivity contribution < 1.29 is 12.8 Å². The first-order valence-electron chi connectivity index (χ1n) is 6.07. The van der Waals surface area contributed by atoms with Gasteiger partial charge in [-0.25, -0.2) is 12.8 Å². The number of hydrogen-bond acceptors (Lipinski definition) is 3. The summed E-state index contributed by atoms with van der Waals surface area (Å²) in [4.78, 5) is -0.495. The molecule has 0 saturated heterocycles. The lowest BCUT2D eigenvalue weighted by molar-refractivity contribution is 0.608. The van der Waals surface area contributed by atoms with Crippen molar-refractivity contribution in [2.45, 2.75) is 0 Å². The van der Waals surface area contributed by atoms with E-state index in [1.807, 2.05) is 0 Å². The predicted octanol–water partition coefficient (Wildman–Crippen LogP) is 3.79. The zero-order valence-corrected chi connectivity index (χ0v) is 12.7. The summed E-state index contributed by atoms with van der Waals surface area (Å²) in [5.41, 5.74) is 0.562. The molecule has 112 valence electrons. The number of rotatable bonds is 4. The van der Waals surface area contributed by atoms with Crippen molar-refractivity contribution in [3.63, 3.8) is 0 Å².